The third kappa shape index (κ3) is 3.03. The van der Waals surface area contributed by atoms with Crippen molar-refractivity contribution >= 4 is 0 Å². The van der Waals surface area contributed by atoms with Crippen molar-refractivity contribution in [1.82, 2.24) is 4.90 Å². The SMILES string of the molecule is COCCOCCOCCO[C@H]1CCCC2[C@H]3C4c5ccc(O)cc5[C@]21C4CN3C. The molecule has 4 aliphatic rings. The third-order valence-corrected chi connectivity index (χ3v) is 8.16. The Morgan fingerprint density at radius 2 is 1.80 bits per heavy atom. The average Bonchev–Trinajstić information content (AvgIpc) is 3.32. The zero-order valence-corrected chi connectivity index (χ0v) is 18.2. The van der Waals surface area contributed by atoms with Crippen molar-refractivity contribution in [3.8, 4) is 5.75 Å². The minimum Gasteiger partial charge on any atom is -0.508 e. The summed E-state index contributed by atoms with van der Waals surface area (Å²) >= 11 is 0. The van der Waals surface area contributed by atoms with Gasteiger partial charge in [0.15, 0.2) is 0 Å². The third-order valence-electron chi connectivity index (χ3n) is 8.16. The van der Waals surface area contributed by atoms with Gasteiger partial charge in [-0.1, -0.05) is 12.5 Å². The van der Waals surface area contributed by atoms with Crippen LogP contribution >= 0.6 is 0 Å². The van der Waals surface area contributed by atoms with E-state index in [1.807, 2.05) is 12.1 Å². The molecule has 1 aliphatic heterocycles. The Kier molecular flexibility index (Phi) is 5.80. The second-order valence-electron chi connectivity index (χ2n) is 9.38. The molecule has 6 atom stereocenters. The monoisotopic (exact) mass is 417 g/mol. The second-order valence-corrected chi connectivity index (χ2v) is 9.38. The minimum absolute atomic E-state index is 0.0669. The highest BCUT2D eigenvalue weighted by Gasteiger charge is 2.73. The van der Waals surface area contributed by atoms with Crippen LogP contribution in [0.2, 0.25) is 0 Å². The van der Waals surface area contributed by atoms with Crippen molar-refractivity contribution in [3.63, 3.8) is 0 Å². The van der Waals surface area contributed by atoms with Crippen LogP contribution < -0.4 is 0 Å². The Balaban J connectivity index is 1.26. The van der Waals surface area contributed by atoms with Crippen LogP contribution in [0.1, 0.15) is 36.3 Å². The Morgan fingerprint density at radius 1 is 1.03 bits per heavy atom. The van der Waals surface area contributed by atoms with Gasteiger partial charge < -0.3 is 29.0 Å². The van der Waals surface area contributed by atoms with E-state index in [2.05, 4.69) is 18.0 Å². The van der Waals surface area contributed by atoms with Gasteiger partial charge in [-0.25, -0.2) is 0 Å². The molecule has 3 unspecified atom stereocenters. The first-order valence-corrected chi connectivity index (χ1v) is 11.5. The van der Waals surface area contributed by atoms with Crippen molar-refractivity contribution in [2.45, 2.75) is 42.7 Å². The number of likely N-dealkylation sites (tertiary alicyclic amines) is 1. The molecule has 1 N–H and O–H groups in total. The molecule has 3 aliphatic carbocycles. The summed E-state index contributed by atoms with van der Waals surface area (Å²) in [4.78, 5) is 2.59. The van der Waals surface area contributed by atoms with Crippen molar-refractivity contribution in [1.29, 1.82) is 0 Å². The zero-order valence-electron chi connectivity index (χ0n) is 18.2. The molecule has 3 fully saturated rings. The Morgan fingerprint density at radius 3 is 2.60 bits per heavy atom. The van der Waals surface area contributed by atoms with Crippen molar-refractivity contribution in [3.05, 3.63) is 29.3 Å². The zero-order chi connectivity index (χ0) is 20.7. The van der Waals surface area contributed by atoms with E-state index in [-0.39, 0.29) is 11.5 Å². The quantitative estimate of drug-likeness (QED) is 0.591. The van der Waals surface area contributed by atoms with E-state index in [4.69, 9.17) is 18.9 Å². The van der Waals surface area contributed by atoms with Gasteiger partial charge in [0.1, 0.15) is 5.75 Å². The number of aromatic hydroxyl groups is 1. The normalized spacial score (nSPS) is 36.3. The summed E-state index contributed by atoms with van der Waals surface area (Å²) in [5.41, 5.74) is 2.91. The van der Waals surface area contributed by atoms with Crippen LogP contribution in [0.5, 0.6) is 5.75 Å². The molecule has 6 nitrogen and oxygen atoms in total. The molecule has 1 spiro atoms. The second kappa shape index (κ2) is 8.40. The van der Waals surface area contributed by atoms with Crippen LogP contribution in [-0.4, -0.2) is 82.5 Å². The van der Waals surface area contributed by atoms with Crippen LogP contribution in [0, 0.1) is 11.8 Å². The van der Waals surface area contributed by atoms with Gasteiger partial charge in [0.2, 0.25) is 0 Å². The predicted octanol–water partition coefficient (Wildman–Crippen LogP) is 2.54. The van der Waals surface area contributed by atoms with Gasteiger partial charge in [0, 0.05) is 31.0 Å². The highest BCUT2D eigenvalue weighted by Crippen LogP contribution is 2.72. The number of hydrogen-bond acceptors (Lipinski definition) is 6. The fourth-order valence-corrected chi connectivity index (χ4v) is 7.39. The van der Waals surface area contributed by atoms with Gasteiger partial charge in [-0.05, 0) is 55.0 Å². The number of phenolic OH excluding ortho intramolecular Hbond substituents is 1. The molecule has 1 aromatic carbocycles. The number of hydrogen-bond donors (Lipinski definition) is 1. The van der Waals surface area contributed by atoms with Gasteiger partial charge in [-0.2, -0.15) is 0 Å². The molecule has 0 radical (unpaired) electrons. The fourth-order valence-electron chi connectivity index (χ4n) is 7.39. The first-order valence-electron chi connectivity index (χ1n) is 11.5. The molecule has 30 heavy (non-hydrogen) atoms. The predicted molar refractivity (Wildman–Crippen MR) is 113 cm³/mol. The standard InChI is InChI=1S/C24H35NO5/c1-25-15-20-22-17-7-6-16(26)14-19(17)24(20)18(23(22)25)4-3-5-21(24)30-13-12-29-11-10-28-9-8-27-2/h6-7,14,18,20-23,26H,3-5,8-13,15H2,1-2H3/t18?,20?,21-,22?,23-,24-/m0/s1. The van der Waals surface area contributed by atoms with E-state index in [0.717, 1.165) is 13.0 Å². The highest BCUT2D eigenvalue weighted by atomic mass is 16.6. The van der Waals surface area contributed by atoms with E-state index in [0.29, 0.717) is 69.2 Å². The number of fused-ring (bicyclic) bond motifs is 2. The summed E-state index contributed by atoms with van der Waals surface area (Å²) in [6, 6.07) is 6.72. The van der Waals surface area contributed by atoms with Gasteiger partial charge in [-0.3, -0.25) is 0 Å². The lowest BCUT2D eigenvalue weighted by Crippen LogP contribution is -2.59. The molecule has 6 heteroatoms. The number of likely N-dealkylation sites (N-methyl/N-ethyl adjacent to an activating group) is 1. The Labute approximate surface area is 179 Å². The molecule has 1 aromatic rings. The molecule has 1 saturated heterocycles. The highest BCUT2D eigenvalue weighted by molar-refractivity contribution is 5.56. The molecule has 5 rings (SSSR count). The Bertz CT molecular complexity index is 753. The average molecular weight is 418 g/mol. The van der Waals surface area contributed by atoms with Crippen LogP contribution in [-0.2, 0) is 24.4 Å². The van der Waals surface area contributed by atoms with Crippen LogP contribution in [0.15, 0.2) is 18.2 Å². The molecular weight excluding hydrogens is 382 g/mol. The summed E-state index contributed by atoms with van der Waals surface area (Å²) < 4.78 is 22.7. The summed E-state index contributed by atoms with van der Waals surface area (Å²) in [6.07, 6.45) is 3.81. The molecule has 166 valence electrons. The van der Waals surface area contributed by atoms with Gasteiger partial charge in [0.05, 0.1) is 45.7 Å². The topological polar surface area (TPSA) is 60.4 Å². The largest absolute Gasteiger partial charge is 0.508 e. The Hall–Kier alpha value is -1.18. The van der Waals surface area contributed by atoms with E-state index in [1.165, 1.54) is 24.0 Å². The molecule has 0 amide bonds. The van der Waals surface area contributed by atoms with Crippen LogP contribution in [0.4, 0.5) is 0 Å². The molecular formula is C24H35NO5. The maximum absolute atomic E-state index is 10.3. The lowest BCUT2D eigenvalue weighted by molar-refractivity contribution is -0.0971. The number of rotatable bonds is 10. The number of methoxy groups -OCH3 is 1. The summed E-state index contributed by atoms with van der Waals surface area (Å²) in [5, 5.41) is 10.3. The minimum atomic E-state index is 0.0669. The molecule has 2 saturated carbocycles. The smallest absolute Gasteiger partial charge is 0.115 e. The summed E-state index contributed by atoms with van der Waals surface area (Å²) in [6.45, 7) is 4.73. The van der Waals surface area contributed by atoms with Gasteiger partial charge >= 0.3 is 0 Å². The van der Waals surface area contributed by atoms with Crippen LogP contribution in [0.25, 0.3) is 0 Å². The van der Waals surface area contributed by atoms with E-state index < -0.39 is 0 Å². The maximum atomic E-state index is 10.3. The maximum Gasteiger partial charge on any atom is 0.115 e. The lowest BCUT2D eigenvalue weighted by atomic mass is 9.57. The summed E-state index contributed by atoms with van der Waals surface area (Å²) in [5.74, 6) is 2.23. The lowest BCUT2D eigenvalue weighted by Gasteiger charge is -2.54. The van der Waals surface area contributed by atoms with Crippen molar-refractivity contribution in [2.24, 2.45) is 11.8 Å². The van der Waals surface area contributed by atoms with E-state index >= 15 is 0 Å². The van der Waals surface area contributed by atoms with Gasteiger partial charge in [0.25, 0.3) is 0 Å². The van der Waals surface area contributed by atoms with Gasteiger partial charge in [-0.15, -0.1) is 0 Å². The molecule has 4 bridgehead atoms. The first-order chi connectivity index (χ1) is 14.7. The molecule has 0 aromatic heterocycles. The number of ether oxygens (including phenoxy) is 4. The number of phenols is 1. The van der Waals surface area contributed by atoms with Crippen LogP contribution in [0.3, 0.4) is 0 Å². The molecule has 1 heterocycles. The fraction of sp³-hybridized carbons (Fsp3) is 0.750. The van der Waals surface area contributed by atoms with Crippen molar-refractivity contribution < 1.29 is 24.1 Å². The van der Waals surface area contributed by atoms with E-state index in [1.54, 1.807) is 7.11 Å². The summed E-state index contributed by atoms with van der Waals surface area (Å²) in [7, 11) is 3.97. The number of nitrogens with zero attached hydrogens (tertiary/aromatic N) is 1. The van der Waals surface area contributed by atoms with E-state index in [9.17, 15) is 5.11 Å². The number of piperidine rings is 1. The number of benzene rings is 1. The first kappa shape index (κ1) is 20.7. The van der Waals surface area contributed by atoms with Crippen molar-refractivity contribution in [2.75, 3.05) is 60.3 Å².